The van der Waals surface area contributed by atoms with Crippen LogP contribution in [-0.2, 0) is 4.79 Å². The number of likely N-dealkylation sites (N-methyl/N-ethyl adjacent to an activating group) is 1. The molecule has 3 rings (SSSR count). The summed E-state index contributed by atoms with van der Waals surface area (Å²) in [6.45, 7) is 5.87. The van der Waals surface area contributed by atoms with Gasteiger partial charge in [0.2, 0.25) is 17.8 Å². The van der Waals surface area contributed by atoms with E-state index >= 15 is 0 Å². The summed E-state index contributed by atoms with van der Waals surface area (Å²) in [5, 5.41) is 18.2. The van der Waals surface area contributed by atoms with Crippen LogP contribution in [0.1, 0.15) is 25.5 Å². The van der Waals surface area contributed by atoms with Gasteiger partial charge in [0.05, 0.1) is 11.8 Å². The fourth-order valence-corrected chi connectivity index (χ4v) is 3.82. The molecule has 10 nitrogen and oxygen atoms in total. The highest BCUT2D eigenvalue weighted by molar-refractivity contribution is 7.99. The molecule has 0 radical (unpaired) electrons. The molecule has 2 heterocycles. The van der Waals surface area contributed by atoms with Gasteiger partial charge in [-0.25, -0.2) is 4.40 Å². The van der Waals surface area contributed by atoms with E-state index in [-0.39, 0.29) is 17.7 Å². The van der Waals surface area contributed by atoms with Gasteiger partial charge in [-0.1, -0.05) is 42.1 Å². The number of amides is 1. The summed E-state index contributed by atoms with van der Waals surface area (Å²) >= 11 is 1.30. The first kappa shape index (κ1) is 22.8. The Morgan fingerprint density at radius 3 is 2.52 bits per heavy atom. The van der Waals surface area contributed by atoms with Crippen LogP contribution < -0.4 is 16.0 Å². The van der Waals surface area contributed by atoms with Crippen LogP contribution in [0.2, 0.25) is 0 Å². The van der Waals surface area contributed by atoms with Gasteiger partial charge in [-0.2, -0.15) is 9.97 Å². The summed E-state index contributed by atoms with van der Waals surface area (Å²) < 4.78 is 1.73. The molecule has 0 spiro atoms. The predicted molar refractivity (Wildman–Crippen MR) is 124 cm³/mol. The first-order valence-electron chi connectivity index (χ1n) is 10.2. The Morgan fingerprint density at radius 2 is 1.84 bits per heavy atom. The van der Waals surface area contributed by atoms with Gasteiger partial charge in [0.15, 0.2) is 5.16 Å². The van der Waals surface area contributed by atoms with E-state index < -0.39 is 0 Å². The van der Waals surface area contributed by atoms with E-state index in [0.29, 0.717) is 42.5 Å². The lowest BCUT2D eigenvalue weighted by Crippen LogP contribution is -2.35. The number of hydrogen-bond donors (Lipinski definition) is 3. The van der Waals surface area contributed by atoms with Crippen LogP contribution in [0.5, 0.6) is 0 Å². The highest BCUT2D eigenvalue weighted by atomic mass is 32.2. The predicted octanol–water partition coefficient (Wildman–Crippen LogP) is 1.89. The highest BCUT2D eigenvalue weighted by Crippen LogP contribution is 2.21. The molecule has 1 amide bonds. The fourth-order valence-electron chi connectivity index (χ4n) is 3.06. The number of carbonyl (C=O) groups is 1. The molecular weight excluding hydrogens is 414 g/mol. The van der Waals surface area contributed by atoms with Crippen LogP contribution in [0.3, 0.4) is 0 Å². The van der Waals surface area contributed by atoms with Crippen molar-refractivity contribution in [3.05, 3.63) is 35.9 Å². The molecule has 0 aliphatic heterocycles. The van der Waals surface area contributed by atoms with Crippen LogP contribution in [0.25, 0.3) is 5.78 Å². The van der Waals surface area contributed by atoms with Gasteiger partial charge in [0, 0.05) is 19.6 Å². The van der Waals surface area contributed by atoms with Crippen molar-refractivity contribution in [1.29, 1.82) is 0 Å². The van der Waals surface area contributed by atoms with Crippen molar-refractivity contribution in [3.8, 4) is 0 Å². The summed E-state index contributed by atoms with van der Waals surface area (Å²) in [7, 11) is 4.01. The number of fused-ring (bicyclic) bond motifs is 1. The molecular formula is C20H29N9OS. The molecule has 0 bridgehead atoms. The Morgan fingerprint density at radius 1 is 1.10 bits per heavy atom. The SMILES string of the molecule is CCNc1nc(NCC)n2c(SCC(=O)NCC(c3ccccc3)N(C)C)nnc2n1. The molecule has 0 aliphatic carbocycles. The number of hydrogen-bond acceptors (Lipinski definition) is 9. The van der Waals surface area contributed by atoms with Crippen LogP contribution in [0.4, 0.5) is 11.9 Å². The van der Waals surface area contributed by atoms with Crippen LogP contribution >= 0.6 is 11.8 Å². The zero-order valence-electron chi connectivity index (χ0n) is 18.3. The van der Waals surface area contributed by atoms with Crippen LogP contribution in [-0.4, -0.2) is 74.9 Å². The van der Waals surface area contributed by atoms with E-state index in [4.69, 9.17) is 0 Å². The third kappa shape index (κ3) is 5.82. The smallest absolute Gasteiger partial charge is 0.261 e. The molecule has 31 heavy (non-hydrogen) atoms. The first-order valence-corrected chi connectivity index (χ1v) is 11.2. The Balaban J connectivity index is 1.65. The lowest BCUT2D eigenvalue weighted by molar-refractivity contribution is -0.118. The van der Waals surface area contributed by atoms with Gasteiger partial charge in [-0.3, -0.25) is 4.79 Å². The molecule has 1 aromatic carbocycles. The topological polar surface area (TPSA) is 112 Å². The van der Waals surface area contributed by atoms with E-state index in [1.54, 1.807) is 4.40 Å². The second-order valence-electron chi connectivity index (χ2n) is 7.03. The minimum atomic E-state index is -0.0697. The van der Waals surface area contributed by atoms with Crippen molar-refractivity contribution in [1.82, 2.24) is 34.8 Å². The van der Waals surface area contributed by atoms with Gasteiger partial charge in [-0.15, -0.1) is 10.2 Å². The zero-order valence-corrected chi connectivity index (χ0v) is 19.1. The van der Waals surface area contributed by atoms with Gasteiger partial charge in [0.25, 0.3) is 5.78 Å². The van der Waals surface area contributed by atoms with E-state index in [9.17, 15) is 4.79 Å². The zero-order chi connectivity index (χ0) is 22.2. The van der Waals surface area contributed by atoms with Crippen molar-refractivity contribution >= 4 is 35.3 Å². The van der Waals surface area contributed by atoms with Gasteiger partial charge in [-0.05, 0) is 33.5 Å². The maximum Gasteiger partial charge on any atom is 0.261 e. The Kier molecular flexibility index (Phi) is 8.01. The Labute approximate surface area is 186 Å². The molecule has 0 fully saturated rings. The number of thioether (sulfide) groups is 1. The highest BCUT2D eigenvalue weighted by Gasteiger charge is 2.18. The van der Waals surface area contributed by atoms with Crippen LogP contribution in [0.15, 0.2) is 35.5 Å². The third-order valence-electron chi connectivity index (χ3n) is 4.55. The fraction of sp³-hybridized carbons (Fsp3) is 0.450. The summed E-state index contributed by atoms with van der Waals surface area (Å²) in [6.07, 6.45) is 0. The number of benzene rings is 1. The van der Waals surface area contributed by atoms with E-state index in [1.807, 2.05) is 46.1 Å². The largest absolute Gasteiger partial charge is 0.355 e. The summed E-state index contributed by atoms with van der Waals surface area (Å²) in [5.41, 5.74) is 1.16. The lowest BCUT2D eigenvalue weighted by Gasteiger charge is -2.25. The molecule has 2 aromatic heterocycles. The quantitative estimate of drug-likeness (QED) is 0.382. The van der Waals surface area contributed by atoms with Crippen molar-refractivity contribution < 1.29 is 4.79 Å². The Bertz CT molecular complexity index is 993. The van der Waals surface area contributed by atoms with Crippen LogP contribution in [0, 0.1) is 0 Å². The number of nitrogens with zero attached hydrogens (tertiary/aromatic N) is 6. The van der Waals surface area contributed by atoms with E-state index in [2.05, 4.69) is 53.1 Å². The van der Waals surface area contributed by atoms with Crippen molar-refractivity contribution in [2.24, 2.45) is 0 Å². The maximum absolute atomic E-state index is 12.5. The minimum absolute atomic E-state index is 0.0697. The third-order valence-corrected chi connectivity index (χ3v) is 5.48. The van der Waals surface area contributed by atoms with E-state index in [1.165, 1.54) is 11.8 Å². The maximum atomic E-state index is 12.5. The molecule has 0 saturated heterocycles. The number of rotatable bonds is 11. The molecule has 1 unspecified atom stereocenters. The molecule has 1 atom stereocenters. The minimum Gasteiger partial charge on any atom is -0.355 e. The molecule has 3 aromatic rings. The standard InChI is InChI=1S/C20H29N9OS/c1-5-21-17-24-18(22-6-2)29-19(25-17)26-27-20(29)31-13-16(30)23-12-15(28(3)4)14-10-8-7-9-11-14/h7-11,15H,5-6,12-13H2,1-4H3,(H,23,30)(H2,21,22,24,25,26). The van der Waals surface area contributed by atoms with Crippen molar-refractivity contribution in [3.63, 3.8) is 0 Å². The average Bonchev–Trinajstić information content (AvgIpc) is 3.16. The molecule has 0 saturated carbocycles. The number of aromatic nitrogens is 5. The number of nitrogens with one attached hydrogen (secondary N) is 3. The molecule has 11 heteroatoms. The summed E-state index contributed by atoms with van der Waals surface area (Å²) in [4.78, 5) is 23.5. The van der Waals surface area contributed by atoms with Crippen molar-refractivity contribution in [2.45, 2.75) is 25.0 Å². The number of carbonyl (C=O) groups excluding carboxylic acids is 1. The second-order valence-corrected chi connectivity index (χ2v) is 7.97. The summed E-state index contributed by atoms with van der Waals surface area (Å²) in [5.74, 6) is 1.66. The first-order chi connectivity index (χ1) is 15.0. The van der Waals surface area contributed by atoms with Gasteiger partial charge in [0.1, 0.15) is 0 Å². The molecule has 166 valence electrons. The average molecular weight is 444 g/mol. The van der Waals surface area contributed by atoms with Crippen molar-refractivity contribution in [2.75, 3.05) is 50.1 Å². The summed E-state index contributed by atoms with van der Waals surface area (Å²) in [6, 6.07) is 10.2. The van der Waals surface area contributed by atoms with Gasteiger partial charge >= 0.3 is 0 Å². The number of anilines is 2. The molecule has 3 N–H and O–H groups in total. The normalized spacial score (nSPS) is 12.2. The Hall–Kier alpha value is -2.92. The monoisotopic (exact) mass is 443 g/mol. The second kappa shape index (κ2) is 10.9. The van der Waals surface area contributed by atoms with Gasteiger partial charge < -0.3 is 20.9 Å². The molecule has 0 aliphatic rings. The lowest BCUT2D eigenvalue weighted by atomic mass is 10.1. The van der Waals surface area contributed by atoms with E-state index in [0.717, 1.165) is 5.56 Å².